The topological polar surface area (TPSA) is 147 Å². The number of hydrogen-bond acceptors (Lipinski definition) is 6. The predicted octanol–water partition coefficient (Wildman–Crippen LogP) is 2.50. The monoisotopic (exact) mass is 461 g/mol. The fourth-order valence-electron chi connectivity index (χ4n) is 3.86. The third kappa shape index (κ3) is 5.13. The van der Waals surface area contributed by atoms with E-state index in [4.69, 9.17) is 16.2 Å². The first-order valence-electron chi connectivity index (χ1n) is 10.0. The van der Waals surface area contributed by atoms with Crippen LogP contribution in [0.15, 0.2) is 46.3 Å². The molecule has 1 aromatic heterocycles. The van der Waals surface area contributed by atoms with Crippen LogP contribution in [0.3, 0.4) is 0 Å². The average Bonchev–Trinajstić information content (AvgIpc) is 2.79. The van der Waals surface area contributed by atoms with E-state index >= 15 is 0 Å². The molecule has 3 atom stereocenters. The van der Waals surface area contributed by atoms with Crippen molar-refractivity contribution in [3.63, 3.8) is 0 Å². The molecule has 0 aliphatic carbocycles. The van der Waals surface area contributed by atoms with Gasteiger partial charge in [0.1, 0.15) is 24.3 Å². The van der Waals surface area contributed by atoms with Gasteiger partial charge in [0.2, 0.25) is 0 Å². The van der Waals surface area contributed by atoms with E-state index in [0.29, 0.717) is 24.7 Å². The van der Waals surface area contributed by atoms with Crippen LogP contribution in [0.5, 0.6) is 0 Å². The minimum atomic E-state index is -4.59. The summed E-state index contributed by atoms with van der Waals surface area (Å²) in [7, 11) is 0. The first-order valence-corrected chi connectivity index (χ1v) is 10.0. The number of halogens is 3. The minimum absolute atomic E-state index is 0.0202. The molecule has 1 aromatic carbocycles. The van der Waals surface area contributed by atoms with Crippen LogP contribution in [0.25, 0.3) is 0 Å². The molecule has 11 heteroatoms. The number of pyridine rings is 1. The van der Waals surface area contributed by atoms with Crippen LogP contribution in [-0.2, 0) is 14.9 Å². The summed E-state index contributed by atoms with van der Waals surface area (Å²) < 4.78 is 44.0. The van der Waals surface area contributed by atoms with Gasteiger partial charge in [0.05, 0.1) is 23.9 Å². The molecule has 0 unspecified atom stereocenters. The number of benzene rings is 1. The van der Waals surface area contributed by atoms with Gasteiger partial charge in [-0.1, -0.05) is 12.1 Å². The second-order valence-corrected chi connectivity index (χ2v) is 7.84. The molecule has 0 radical (unpaired) electrons. The van der Waals surface area contributed by atoms with Gasteiger partial charge in [-0.25, -0.2) is 4.99 Å². The van der Waals surface area contributed by atoms with Gasteiger partial charge in [0, 0.05) is 18.0 Å². The highest BCUT2D eigenvalue weighted by molar-refractivity contribution is 6.00. The van der Waals surface area contributed by atoms with Crippen LogP contribution in [-0.4, -0.2) is 36.0 Å². The number of carbonyl (C=O) groups is 1. The van der Waals surface area contributed by atoms with Crippen molar-refractivity contribution in [3.05, 3.63) is 63.6 Å². The van der Waals surface area contributed by atoms with Gasteiger partial charge >= 0.3 is 6.18 Å². The molecule has 0 spiro atoms. The number of nitrogens with two attached hydrogens (primary N) is 2. The standard InChI is InChI=1S/C22H22F3N5O3/c23-22(24,25)18(27)13-1-3-14(4-2-13)30-19(28)17-16(6-10-29-20(17)32)21(8-9-26)7-5-15(11-31)33-12-21/h1-4,6,10-11,15,18H,5,7-8,12,27H2,(H2,28,30)(H,29,32)/t15-,18-,21-/m0/s1. The number of aldehydes is 1. The number of aromatic amines is 1. The Morgan fingerprint density at radius 1 is 1.36 bits per heavy atom. The first kappa shape index (κ1) is 24.2. The van der Waals surface area contributed by atoms with Crippen LogP contribution >= 0.6 is 0 Å². The summed E-state index contributed by atoms with van der Waals surface area (Å²) in [6.45, 7) is 0.0394. The zero-order chi connectivity index (χ0) is 24.2. The van der Waals surface area contributed by atoms with Crippen molar-refractivity contribution in [1.82, 2.24) is 4.98 Å². The highest BCUT2D eigenvalue weighted by Gasteiger charge is 2.40. The van der Waals surface area contributed by atoms with Gasteiger partial charge in [-0.3, -0.25) is 4.79 Å². The fourth-order valence-corrected chi connectivity index (χ4v) is 3.86. The van der Waals surface area contributed by atoms with Crippen molar-refractivity contribution in [2.75, 3.05) is 6.61 Å². The van der Waals surface area contributed by atoms with E-state index in [2.05, 4.69) is 16.0 Å². The third-order valence-electron chi connectivity index (χ3n) is 5.69. The van der Waals surface area contributed by atoms with Crippen LogP contribution in [0.4, 0.5) is 18.9 Å². The molecule has 8 nitrogen and oxygen atoms in total. The number of nitrogens with one attached hydrogen (secondary N) is 1. The van der Waals surface area contributed by atoms with Crippen LogP contribution in [0.2, 0.25) is 0 Å². The van der Waals surface area contributed by atoms with Gasteiger partial charge in [0.15, 0.2) is 0 Å². The zero-order valence-corrected chi connectivity index (χ0v) is 17.4. The Labute approximate surface area is 187 Å². The van der Waals surface area contributed by atoms with Crippen LogP contribution in [0, 0.1) is 11.3 Å². The van der Waals surface area contributed by atoms with E-state index in [1.54, 1.807) is 6.07 Å². The molecule has 5 N–H and O–H groups in total. The number of ether oxygens (including phenoxy) is 1. The Balaban J connectivity index is 2.00. The van der Waals surface area contributed by atoms with Crippen LogP contribution in [0.1, 0.15) is 42.0 Å². The van der Waals surface area contributed by atoms with E-state index in [9.17, 15) is 28.0 Å². The highest BCUT2D eigenvalue weighted by atomic mass is 19.4. The molecule has 0 amide bonds. The Morgan fingerprint density at radius 3 is 2.61 bits per heavy atom. The Bertz CT molecular complexity index is 1130. The highest BCUT2D eigenvalue weighted by Crippen LogP contribution is 2.38. The maximum Gasteiger partial charge on any atom is 0.407 e. The van der Waals surface area contributed by atoms with E-state index in [0.717, 1.165) is 0 Å². The van der Waals surface area contributed by atoms with Gasteiger partial charge in [0.25, 0.3) is 5.56 Å². The Hall–Kier alpha value is -3.49. The number of amidine groups is 1. The van der Waals surface area contributed by atoms with E-state index in [-0.39, 0.29) is 35.7 Å². The maximum absolute atomic E-state index is 12.8. The summed E-state index contributed by atoms with van der Waals surface area (Å²) in [5, 5.41) is 9.42. The number of nitrogens with zero attached hydrogens (tertiary/aromatic N) is 2. The molecule has 1 fully saturated rings. The molecule has 1 saturated heterocycles. The fraction of sp³-hybridized carbons (Fsp3) is 0.364. The SMILES string of the molecule is N#CC[C@@]1(c2cc[nH]c(=O)c2C(N)=Nc2ccc([C@H](N)C(F)(F)F)cc2)CC[C@@H](C=O)OC1. The molecule has 0 saturated carbocycles. The summed E-state index contributed by atoms with van der Waals surface area (Å²) >= 11 is 0. The minimum Gasteiger partial charge on any atom is -0.383 e. The quantitative estimate of drug-likeness (QED) is 0.342. The molecular weight excluding hydrogens is 439 g/mol. The van der Waals surface area contributed by atoms with Crippen molar-refractivity contribution >= 4 is 17.8 Å². The second-order valence-electron chi connectivity index (χ2n) is 7.84. The zero-order valence-electron chi connectivity index (χ0n) is 17.4. The normalized spacial score (nSPS) is 22.4. The number of H-pyrrole nitrogens is 1. The number of aliphatic imine (C=N–C) groups is 1. The molecule has 0 bridgehead atoms. The van der Waals surface area contributed by atoms with E-state index in [1.807, 2.05) is 0 Å². The number of nitriles is 1. The first-order chi connectivity index (χ1) is 15.6. The van der Waals surface area contributed by atoms with Crippen molar-refractivity contribution in [2.24, 2.45) is 16.5 Å². The number of hydrogen-bond donors (Lipinski definition) is 3. The summed E-state index contributed by atoms with van der Waals surface area (Å²) in [5.41, 5.74) is 10.5. The summed E-state index contributed by atoms with van der Waals surface area (Å²) in [4.78, 5) is 30.5. The number of carbonyl (C=O) groups excluding carboxylic acids is 1. The molecule has 1 aliphatic heterocycles. The molecule has 33 heavy (non-hydrogen) atoms. The lowest BCUT2D eigenvalue weighted by molar-refractivity contribution is -0.149. The van der Waals surface area contributed by atoms with Crippen molar-refractivity contribution in [1.29, 1.82) is 5.26 Å². The van der Waals surface area contributed by atoms with Gasteiger partial charge in [-0.2, -0.15) is 18.4 Å². The molecule has 2 heterocycles. The molecule has 2 aromatic rings. The van der Waals surface area contributed by atoms with Crippen molar-refractivity contribution in [2.45, 2.75) is 43.0 Å². The third-order valence-corrected chi connectivity index (χ3v) is 5.69. The van der Waals surface area contributed by atoms with E-state index < -0.39 is 29.3 Å². The number of alkyl halides is 3. The van der Waals surface area contributed by atoms with Crippen molar-refractivity contribution in [3.8, 4) is 6.07 Å². The maximum atomic E-state index is 12.8. The number of aromatic nitrogens is 1. The molecule has 3 rings (SSSR count). The molecular formula is C22H22F3N5O3. The Morgan fingerprint density at radius 2 is 2.06 bits per heavy atom. The largest absolute Gasteiger partial charge is 0.407 e. The van der Waals surface area contributed by atoms with E-state index in [1.165, 1.54) is 30.5 Å². The summed E-state index contributed by atoms with van der Waals surface area (Å²) in [5.74, 6) is -0.172. The lowest BCUT2D eigenvalue weighted by atomic mass is 9.71. The summed E-state index contributed by atoms with van der Waals surface area (Å²) in [6.07, 6.45) is -2.25. The Kier molecular flexibility index (Phi) is 7.00. The molecule has 174 valence electrons. The van der Waals surface area contributed by atoms with Gasteiger partial charge in [-0.05, 0) is 42.2 Å². The predicted molar refractivity (Wildman–Crippen MR) is 114 cm³/mol. The smallest absolute Gasteiger partial charge is 0.383 e. The lowest BCUT2D eigenvalue weighted by Crippen LogP contribution is -2.43. The number of rotatable bonds is 6. The van der Waals surface area contributed by atoms with Crippen LogP contribution < -0.4 is 17.0 Å². The lowest BCUT2D eigenvalue weighted by Gasteiger charge is -2.38. The van der Waals surface area contributed by atoms with Crippen molar-refractivity contribution < 1.29 is 22.7 Å². The van der Waals surface area contributed by atoms with Gasteiger partial charge in [-0.15, -0.1) is 0 Å². The second kappa shape index (κ2) is 9.56. The molecule has 1 aliphatic rings. The summed E-state index contributed by atoms with van der Waals surface area (Å²) in [6, 6.07) is 6.59. The van der Waals surface area contributed by atoms with Gasteiger partial charge < -0.3 is 26.0 Å². The average molecular weight is 461 g/mol.